The summed E-state index contributed by atoms with van der Waals surface area (Å²) in [6.07, 6.45) is 1.37. The molecule has 0 saturated heterocycles. The minimum absolute atomic E-state index is 0.00933. The van der Waals surface area contributed by atoms with Gasteiger partial charge in [0, 0.05) is 27.6 Å². The predicted octanol–water partition coefficient (Wildman–Crippen LogP) is 4.53. The zero-order valence-corrected chi connectivity index (χ0v) is 15.5. The molecule has 0 radical (unpaired) electrons. The molecule has 3 aromatic rings. The Morgan fingerprint density at radius 1 is 1.37 bits per heavy atom. The highest BCUT2D eigenvalue weighted by Crippen LogP contribution is 2.36. The van der Waals surface area contributed by atoms with Gasteiger partial charge in [0.25, 0.3) is 0 Å². The fourth-order valence-electron chi connectivity index (χ4n) is 2.22. The average Bonchev–Trinajstić information content (AvgIpc) is 3.12. The number of ether oxygens (including phenoxy) is 1. The predicted molar refractivity (Wildman–Crippen MR) is 105 cm³/mol. The number of aromatic nitrogens is 1. The molecular weight excluding hydrogens is 392 g/mol. The van der Waals surface area contributed by atoms with E-state index in [9.17, 15) is 15.2 Å². The fourth-order valence-corrected chi connectivity index (χ4v) is 3.02. The maximum Gasteiger partial charge on any atom is 0.315 e. The van der Waals surface area contributed by atoms with Gasteiger partial charge in [0.2, 0.25) is 10.9 Å². The van der Waals surface area contributed by atoms with Gasteiger partial charge in [0.05, 0.1) is 23.9 Å². The van der Waals surface area contributed by atoms with Gasteiger partial charge in [-0.2, -0.15) is 5.10 Å². The molecule has 1 aromatic heterocycles. The summed E-state index contributed by atoms with van der Waals surface area (Å²) in [5.41, 5.74) is 4.39. The zero-order valence-electron chi connectivity index (χ0n) is 13.9. The SMILES string of the molecule is COc1cc(/C=N\Nc2nc(-c3ccc(Cl)cc3)cs2)cc([N+](=O)[O-])c1O. The van der Waals surface area contributed by atoms with Crippen LogP contribution in [0.1, 0.15) is 5.56 Å². The molecule has 27 heavy (non-hydrogen) atoms. The summed E-state index contributed by atoms with van der Waals surface area (Å²) in [6, 6.07) is 9.94. The topological polar surface area (TPSA) is 110 Å². The van der Waals surface area contributed by atoms with Gasteiger partial charge < -0.3 is 9.84 Å². The summed E-state index contributed by atoms with van der Waals surface area (Å²) in [4.78, 5) is 14.7. The Hall–Kier alpha value is -3.17. The third kappa shape index (κ3) is 4.33. The van der Waals surface area contributed by atoms with Crippen LogP contribution in [-0.4, -0.2) is 28.3 Å². The van der Waals surface area contributed by atoms with Gasteiger partial charge in [-0.15, -0.1) is 11.3 Å². The minimum atomic E-state index is -0.693. The Bertz CT molecular complexity index is 1000. The third-order valence-corrected chi connectivity index (χ3v) is 4.51. The molecule has 0 fully saturated rings. The molecule has 1 heterocycles. The summed E-state index contributed by atoms with van der Waals surface area (Å²) >= 11 is 7.24. The lowest BCUT2D eigenvalue weighted by Crippen LogP contribution is -1.96. The maximum atomic E-state index is 11.0. The summed E-state index contributed by atoms with van der Waals surface area (Å²) in [5, 5.41) is 27.9. The number of anilines is 1. The Morgan fingerprint density at radius 3 is 2.78 bits per heavy atom. The quantitative estimate of drug-likeness (QED) is 0.354. The second-order valence-corrected chi connectivity index (χ2v) is 6.56. The number of aromatic hydroxyl groups is 1. The van der Waals surface area contributed by atoms with Crippen LogP contribution in [0.5, 0.6) is 11.5 Å². The highest BCUT2D eigenvalue weighted by molar-refractivity contribution is 7.14. The Morgan fingerprint density at radius 2 is 2.11 bits per heavy atom. The highest BCUT2D eigenvalue weighted by Gasteiger charge is 2.19. The van der Waals surface area contributed by atoms with Gasteiger partial charge in [0.15, 0.2) is 5.75 Å². The maximum absolute atomic E-state index is 11.0. The lowest BCUT2D eigenvalue weighted by atomic mass is 10.2. The molecule has 2 aromatic carbocycles. The van der Waals surface area contributed by atoms with Crippen LogP contribution in [0.3, 0.4) is 0 Å². The largest absolute Gasteiger partial charge is 0.500 e. The van der Waals surface area contributed by atoms with E-state index in [-0.39, 0.29) is 5.75 Å². The Labute approximate surface area is 162 Å². The number of hydrogen-bond acceptors (Lipinski definition) is 8. The van der Waals surface area contributed by atoms with Crippen molar-refractivity contribution in [3.05, 3.63) is 62.5 Å². The van der Waals surface area contributed by atoms with Gasteiger partial charge in [0.1, 0.15) is 0 Å². The molecule has 0 aliphatic heterocycles. The van der Waals surface area contributed by atoms with Crippen LogP contribution in [-0.2, 0) is 0 Å². The number of rotatable bonds is 6. The normalized spacial score (nSPS) is 10.9. The van der Waals surface area contributed by atoms with Crippen molar-refractivity contribution in [2.75, 3.05) is 12.5 Å². The van der Waals surface area contributed by atoms with Gasteiger partial charge in [-0.3, -0.25) is 15.5 Å². The van der Waals surface area contributed by atoms with E-state index in [4.69, 9.17) is 16.3 Å². The van der Waals surface area contributed by atoms with Crippen molar-refractivity contribution in [2.45, 2.75) is 0 Å². The van der Waals surface area contributed by atoms with E-state index < -0.39 is 16.4 Å². The first-order chi connectivity index (χ1) is 13.0. The molecule has 0 aliphatic carbocycles. The Balaban J connectivity index is 1.75. The molecule has 0 aliphatic rings. The van der Waals surface area contributed by atoms with E-state index in [1.54, 1.807) is 12.1 Å². The molecule has 138 valence electrons. The lowest BCUT2D eigenvalue weighted by molar-refractivity contribution is -0.386. The fraction of sp³-hybridized carbons (Fsp3) is 0.0588. The molecule has 10 heteroatoms. The molecule has 3 rings (SSSR count). The Kier molecular flexibility index (Phi) is 5.53. The smallest absolute Gasteiger partial charge is 0.315 e. The second kappa shape index (κ2) is 8.02. The van der Waals surface area contributed by atoms with Gasteiger partial charge >= 0.3 is 5.69 Å². The highest BCUT2D eigenvalue weighted by atomic mass is 35.5. The number of phenolic OH excluding ortho intramolecular Hbond substituents is 1. The average molecular weight is 405 g/mol. The molecule has 0 bridgehead atoms. The molecule has 0 spiro atoms. The van der Waals surface area contributed by atoms with E-state index >= 15 is 0 Å². The summed E-state index contributed by atoms with van der Waals surface area (Å²) in [5.74, 6) is -0.537. The molecular formula is C17H13ClN4O4S. The van der Waals surface area contributed by atoms with E-state index in [1.165, 1.54) is 36.8 Å². The van der Waals surface area contributed by atoms with Crippen molar-refractivity contribution >= 4 is 40.0 Å². The number of thiazole rings is 1. The van der Waals surface area contributed by atoms with Crippen LogP contribution in [0.2, 0.25) is 5.02 Å². The third-order valence-electron chi connectivity index (χ3n) is 3.51. The van der Waals surface area contributed by atoms with Crippen molar-refractivity contribution in [1.29, 1.82) is 0 Å². The standard InChI is InChI=1S/C17H13ClN4O4S/c1-26-15-7-10(6-14(16(15)23)22(24)25)8-19-21-17-20-13(9-27-17)11-2-4-12(18)5-3-11/h2-9,23H,1H3,(H,20,21)/b19-8-. The number of nitrogens with zero attached hydrogens (tertiary/aromatic N) is 3. The van der Waals surface area contributed by atoms with Gasteiger partial charge in [-0.1, -0.05) is 23.7 Å². The van der Waals surface area contributed by atoms with Crippen molar-refractivity contribution < 1.29 is 14.8 Å². The molecule has 0 atom stereocenters. The van der Waals surface area contributed by atoms with Crippen molar-refractivity contribution in [2.24, 2.45) is 5.10 Å². The monoisotopic (exact) mass is 404 g/mol. The van der Waals surface area contributed by atoms with Crippen LogP contribution in [0.15, 0.2) is 46.9 Å². The number of hydrogen-bond donors (Lipinski definition) is 2. The number of halogens is 1. The number of nitro benzene ring substituents is 1. The van der Waals surface area contributed by atoms with Gasteiger partial charge in [-0.05, 0) is 18.2 Å². The number of benzene rings is 2. The lowest BCUT2D eigenvalue weighted by Gasteiger charge is -2.04. The van der Waals surface area contributed by atoms with E-state index in [1.807, 2.05) is 17.5 Å². The van der Waals surface area contributed by atoms with Crippen molar-refractivity contribution in [3.63, 3.8) is 0 Å². The number of methoxy groups -OCH3 is 1. The number of nitro groups is 1. The van der Waals surface area contributed by atoms with Crippen LogP contribution < -0.4 is 10.2 Å². The first kappa shape index (κ1) is 18.6. The van der Waals surface area contributed by atoms with Crippen LogP contribution in [0.25, 0.3) is 11.3 Å². The summed E-state index contributed by atoms with van der Waals surface area (Å²) < 4.78 is 4.95. The van der Waals surface area contributed by atoms with E-state index in [0.29, 0.717) is 15.7 Å². The molecule has 0 saturated carbocycles. The number of nitrogens with one attached hydrogen (secondary N) is 1. The van der Waals surface area contributed by atoms with E-state index in [2.05, 4.69) is 15.5 Å². The zero-order chi connectivity index (χ0) is 19.4. The first-order valence-corrected chi connectivity index (χ1v) is 8.79. The summed E-state index contributed by atoms with van der Waals surface area (Å²) in [7, 11) is 1.31. The molecule has 8 nitrogen and oxygen atoms in total. The van der Waals surface area contributed by atoms with Crippen LogP contribution >= 0.6 is 22.9 Å². The van der Waals surface area contributed by atoms with Crippen LogP contribution in [0, 0.1) is 10.1 Å². The molecule has 0 amide bonds. The minimum Gasteiger partial charge on any atom is -0.500 e. The second-order valence-electron chi connectivity index (χ2n) is 5.26. The van der Waals surface area contributed by atoms with E-state index in [0.717, 1.165) is 11.3 Å². The van der Waals surface area contributed by atoms with Crippen molar-refractivity contribution in [1.82, 2.24) is 4.98 Å². The van der Waals surface area contributed by atoms with Crippen molar-refractivity contribution in [3.8, 4) is 22.8 Å². The molecule has 2 N–H and O–H groups in total. The number of phenols is 1. The number of hydrazone groups is 1. The van der Waals surface area contributed by atoms with Crippen LogP contribution in [0.4, 0.5) is 10.8 Å². The molecule has 0 unspecified atom stereocenters. The summed E-state index contributed by atoms with van der Waals surface area (Å²) in [6.45, 7) is 0. The van der Waals surface area contributed by atoms with Gasteiger partial charge in [-0.25, -0.2) is 4.98 Å². The first-order valence-electron chi connectivity index (χ1n) is 7.54.